The fraction of sp³-hybridized carbons (Fsp3) is 0.562. The molecule has 1 aromatic carbocycles. The molecule has 0 aliphatic heterocycles. The quantitative estimate of drug-likeness (QED) is 0.296. The normalized spacial score (nSPS) is 16.7. The summed E-state index contributed by atoms with van der Waals surface area (Å²) in [6.07, 6.45) is 9.98. The van der Waals surface area contributed by atoms with E-state index in [0.29, 0.717) is 6.54 Å². The number of hydrogen-bond donors (Lipinski definition) is 4. The van der Waals surface area contributed by atoms with Crippen molar-refractivity contribution in [1.29, 1.82) is 0 Å². The summed E-state index contributed by atoms with van der Waals surface area (Å²) in [6, 6.07) is 10.7. The number of amides is 3. The molecule has 0 spiro atoms. The van der Waals surface area contributed by atoms with Crippen LogP contribution in [0.15, 0.2) is 41.2 Å². The third-order valence-electron chi connectivity index (χ3n) is 8.49. The average Bonchev–Trinajstić information content (AvgIpc) is 3.00. The maximum atomic E-state index is 13.7. The van der Waals surface area contributed by atoms with E-state index >= 15 is 0 Å². The van der Waals surface area contributed by atoms with Crippen LogP contribution in [0.2, 0.25) is 0 Å². The first kappa shape index (κ1) is 30.5. The molecule has 222 valence electrons. The smallest absolute Gasteiger partial charge is 0.275 e. The molecular weight excluding hydrogens is 518 g/mol. The topological polar surface area (TPSA) is 121 Å². The van der Waals surface area contributed by atoms with Crippen LogP contribution in [0.25, 0.3) is 0 Å². The molecule has 0 unspecified atom stereocenters. The Morgan fingerprint density at radius 2 is 1.71 bits per heavy atom. The second-order valence-corrected chi connectivity index (χ2v) is 11.5. The number of fused-ring (bicyclic) bond motifs is 1. The van der Waals surface area contributed by atoms with Gasteiger partial charge in [0.25, 0.3) is 5.56 Å². The molecule has 2 aliphatic carbocycles. The third kappa shape index (κ3) is 8.28. The van der Waals surface area contributed by atoms with Gasteiger partial charge in [-0.25, -0.2) is 0 Å². The van der Waals surface area contributed by atoms with Crippen LogP contribution in [0, 0.1) is 5.92 Å². The lowest BCUT2D eigenvalue weighted by Gasteiger charge is -2.31. The van der Waals surface area contributed by atoms with Crippen LogP contribution in [0.1, 0.15) is 75.1 Å². The van der Waals surface area contributed by atoms with E-state index in [1.165, 1.54) is 10.1 Å². The summed E-state index contributed by atoms with van der Waals surface area (Å²) in [5, 5.41) is 11.7. The molecule has 1 aromatic heterocycles. The van der Waals surface area contributed by atoms with Gasteiger partial charge in [-0.05, 0) is 88.4 Å². The van der Waals surface area contributed by atoms with Crippen molar-refractivity contribution in [1.82, 2.24) is 20.5 Å². The summed E-state index contributed by atoms with van der Waals surface area (Å²) in [5.41, 5.74) is 2.88. The predicted molar refractivity (Wildman–Crippen MR) is 161 cm³/mol. The Balaban J connectivity index is 1.48. The molecule has 3 amide bonds. The van der Waals surface area contributed by atoms with Gasteiger partial charge in [-0.15, -0.1) is 0 Å². The molecule has 1 saturated carbocycles. The molecule has 2 aliphatic rings. The largest absolute Gasteiger partial charge is 0.355 e. The second-order valence-electron chi connectivity index (χ2n) is 11.5. The van der Waals surface area contributed by atoms with E-state index in [0.717, 1.165) is 81.9 Å². The first-order valence-electron chi connectivity index (χ1n) is 15.2. The zero-order valence-corrected chi connectivity index (χ0v) is 24.5. The van der Waals surface area contributed by atoms with Crippen molar-refractivity contribution >= 4 is 23.4 Å². The van der Waals surface area contributed by atoms with Gasteiger partial charge in [0.1, 0.15) is 18.3 Å². The standard InChI is InChI=1S/C32H45N5O4/c1-22(33-2)30(39)36-29(24-15-7-4-8-16-24)31(40)35-26-20-25-17-9-10-18-27(25)37(32(26)41)21-28(38)34-19-11-14-23-12-5-3-6-13-23/h3,5-6,12-13,20,22,24,29,33H,4,7-11,14-19,21H2,1-2H3,(H,34,38)(H,35,40)(H,36,39)/t22-,29-/m0/s1. The van der Waals surface area contributed by atoms with E-state index in [-0.39, 0.29) is 41.4 Å². The predicted octanol–water partition coefficient (Wildman–Crippen LogP) is 3.09. The minimum atomic E-state index is -0.726. The van der Waals surface area contributed by atoms with Crippen molar-refractivity contribution < 1.29 is 14.4 Å². The number of nitrogens with zero attached hydrogens (tertiary/aromatic N) is 1. The number of nitrogens with one attached hydrogen (secondary N) is 4. The van der Waals surface area contributed by atoms with E-state index in [1.54, 1.807) is 20.0 Å². The fourth-order valence-corrected chi connectivity index (χ4v) is 5.99. The summed E-state index contributed by atoms with van der Waals surface area (Å²) < 4.78 is 1.54. The molecule has 1 fully saturated rings. The van der Waals surface area contributed by atoms with Gasteiger partial charge >= 0.3 is 0 Å². The molecule has 1 heterocycles. The highest BCUT2D eigenvalue weighted by Crippen LogP contribution is 2.28. The highest BCUT2D eigenvalue weighted by Gasteiger charge is 2.33. The zero-order chi connectivity index (χ0) is 29.2. The lowest BCUT2D eigenvalue weighted by atomic mass is 9.83. The number of carbonyl (C=O) groups is 3. The summed E-state index contributed by atoms with van der Waals surface area (Å²) >= 11 is 0. The molecule has 4 N–H and O–H groups in total. The Bertz CT molecular complexity index is 1250. The minimum Gasteiger partial charge on any atom is -0.355 e. The average molecular weight is 564 g/mol. The number of hydrogen-bond acceptors (Lipinski definition) is 5. The molecule has 9 heteroatoms. The highest BCUT2D eigenvalue weighted by molar-refractivity contribution is 5.98. The van der Waals surface area contributed by atoms with Gasteiger partial charge in [-0.3, -0.25) is 19.2 Å². The Morgan fingerprint density at radius 3 is 2.44 bits per heavy atom. The maximum Gasteiger partial charge on any atom is 0.275 e. The molecular formula is C32H45N5O4. The van der Waals surface area contributed by atoms with Gasteiger partial charge in [0, 0.05) is 12.2 Å². The Labute approximate surface area is 242 Å². The number of rotatable bonds is 12. The molecule has 41 heavy (non-hydrogen) atoms. The minimum absolute atomic E-state index is 0.0123. The van der Waals surface area contributed by atoms with Crippen molar-refractivity contribution in [3.63, 3.8) is 0 Å². The first-order chi connectivity index (χ1) is 19.9. The van der Waals surface area contributed by atoms with Gasteiger partial charge in [-0.1, -0.05) is 49.6 Å². The van der Waals surface area contributed by atoms with Crippen LogP contribution in [0.5, 0.6) is 0 Å². The van der Waals surface area contributed by atoms with Crippen molar-refractivity contribution in [2.45, 2.75) is 96.2 Å². The number of aryl methyl sites for hydroxylation is 2. The molecule has 4 rings (SSSR count). The highest BCUT2D eigenvalue weighted by atomic mass is 16.2. The van der Waals surface area contributed by atoms with Crippen molar-refractivity contribution in [3.05, 3.63) is 63.6 Å². The number of anilines is 1. The molecule has 2 aromatic rings. The van der Waals surface area contributed by atoms with E-state index in [9.17, 15) is 19.2 Å². The molecule has 9 nitrogen and oxygen atoms in total. The van der Waals surface area contributed by atoms with E-state index in [1.807, 2.05) is 18.2 Å². The van der Waals surface area contributed by atoms with E-state index in [2.05, 4.69) is 33.4 Å². The van der Waals surface area contributed by atoms with E-state index in [4.69, 9.17) is 0 Å². The summed E-state index contributed by atoms with van der Waals surface area (Å²) in [7, 11) is 1.70. The van der Waals surface area contributed by atoms with Gasteiger partial charge in [0.05, 0.1) is 6.04 Å². The summed E-state index contributed by atoms with van der Waals surface area (Å²) in [6.45, 7) is 2.19. The Morgan fingerprint density at radius 1 is 0.976 bits per heavy atom. The van der Waals surface area contributed by atoms with Crippen LogP contribution in [-0.4, -0.2) is 48.0 Å². The van der Waals surface area contributed by atoms with Crippen molar-refractivity contribution in [2.75, 3.05) is 18.9 Å². The summed E-state index contributed by atoms with van der Waals surface area (Å²) in [4.78, 5) is 53.0. The second kappa shape index (κ2) is 15.0. The molecule has 0 saturated heterocycles. The van der Waals surface area contributed by atoms with Crippen molar-refractivity contribution in [2.24, 2.45) is 5.92 Å². The number of likely N-dealkylation sites (N-methyl/N-ethyl adjacent to an activating group) is 1. The summed E-state index contributed by atoms with van der Waals surface area (Å²) in [5.74, 6) is -0.827. The fourth-order valence-electron chi connectivity index (χ4n) is 5.99. The SMILES string of the molecule is CN[C@@H](C)C(=O)N[C@H](C(=O)Nc1cc2c(n(CC(=O)NCCCc3ccccc3)c1=O)CCCC2)C1CCCCC1. The number of benzene rings is 1. The Hall–Kier alpha value is -3.46. The molecule has 2 atom stereocenters. The maximum absolute atomic E-state index is 13.7. The zero-order valence-electron chi connectivity index (χ0n) is 24.5. The lowest BCUT2D eigenvalue weighted by molar-refractivity contribution is -0.128. The monoisotopic (exact) mass is 563 g/mol. The van der Waals surface area contributed by atoms with Gasteiger partial charge in [0.2, 0.25) is 17.7 Å². The van der Waals surface area contributed by atoms with Gasteiger partial charge in [0.15, 0.2) is 0 Å². The van der Waals surface area contributed by atoms with Crippen LogP contribution in [0.3, 0.4) is 0 Å². The van der Waals surface area contributed by atoms with Crippen LogP contribution < -0.4 is 26.8 Å². The molecule has 0 bridgehead atoms. The number of pyridine rings is 1. The number of carbonyl (C=O) groups excluding carboxylic acids is 3. The van der Waals surface area contributed by atoms with Crippen molar-refractivity contribution in [3.8, 4) is 0 Å². The molecule has 0 radical (unpaired) electrons. The Kier molecular flexibility index (Phi) is 11.1. The number of aromatic nitrogens is 1. The van der Waals surface area contributed by atoms with Gasteiger partial charge < -0.3 is 25.8 Å². The lowest BCUT2D eigenvalue weighted by Crippen LogP contribution is -2.53. The van der Waals surface area contributed by atoms with Crippen LogP contribution >= 0.6 is 0 Å². The van der Waals surface area contributed by atoms with Crippen LogP contribution in [0.4, 0.5) is 5.69 Å². The third-order valence-corrected chi connectivity index (χ3v) is 8.49. The van der Waals surface area contributed by atoms with Gasteiger partial charge in [-0.2, -0.15) is 0 Å². The van der Waals surface area contributed by atoms with Crippen LogP contribution in [-0.2, 0) is 40.2 Å². The van der Waals surface area contributed by atoms with E-state index < -0.39 is 12.1 Å². The first-order valence-corrected chi connectivity index (χ1v) is 15.2.